The second-order valence-electron chi connectivity index (χ2n) is 9.98. The monoisotopic (exact) mass is 528 g/mol. The molecular weight excluding hydrogens is 504 g/mol. The van der Waals surface area contributed by atoms with E-state index < -0.39 is 23.9 Å². The van der Waals surface area contributed by atoms with E-state index in [2.05, 4.69) is 28.5 Å². The molecule has 0 radical (unpaired) electrons. The Morgan fingerprint density at radius 2 is 1.50 bits per heavy atom. The van der Waals surface area contributed by atoms with Gasteiger partial charge in [0.15, 0.2) is 12.1 Å². The van der Waals surface area contributed by atoms with E-state index in [1.54, 1.807) is 24.3 Å². The van der Waals surface area contributed by atoms with Gasteiger partial charge in [0.1, 0.15) is 6.54 Å². The Labute approximate surface area is 230 Å². The zero-order valence-electron chi connectivity index (χ0n) is 21.4. The van der Waals surface area contributed by atoms with Crippen molar-refractivity contribution in [3.63, 3.8) is 0 Å². The van der Waals surface area contributed by atoms with E-state index in [0.717, 1.165) is 32.5 Å². The topological polar surface area (TPSA) is 98.0 Å². The molecule has 0 aliphatic carbocycles. The van der Waals surface area contributed by atoms with Gasteiger partial charge in [0.25, 0.3) is 17.7 Å². The molecule has 4 aromatic carbocycles. The van der Waals surface area contributed by atoms with E-state index in [-0.39, 0.29) is 18.5 Å². The van der Waals surface area contributed by atoms with Crippen molar-refractivity contribution in [1.82, 2.24) is 10.0 Å². The molecule has 1 fully saturated rings. The van der Waals surface area contributed by atoms with Crippen molar-refractivity contribution in [3.05, 3.63) is 114 Å². The Hall–Kier alpha value is -5.18. The van der Waals surface area contributed by atoms with Crippen molar-refractivity contribution in [3.8, 4) is 0 Å². The van der Waals surface area contributed by atoms with Crippen molar-refractivity contribution in [2.24, 2.45) is 15.4 Å². The van der Waals surface area contributed by atoms with Crippen LogP contribution in [0.15, 0.2) is 119 Å². The Balaban J connectivity index is 1.19. The molecule has 40 heavy (non-hydrogen) atoms. The number of hydrazone groups is 1. The van der Waals surface area contributed by atoms with E-state index in [9.17, 15) is 14.4 Å². The average Bonchev–Trinajstić information content (AvgIpc) is 3.69. The van der Waals surface area contributed by atoms with Crippen LogP contribution in [0.4, 0.5) is 5.69 Å². The lowest BCUT2D eigenvalue weighted by atomic mass is 9.95. The summed E-state index contributed by atoms with van der Waals surface area (Å²) in [4.78, 5) is 41.3. The highest BCUT2D eigenvalue weighted by atomic mass is 16.2. The lowest BCUT2D eigenvalue weighted by Gasteiger charge is -2.25. The van der Waals surface area contributed by atoms with Gasteiger partial charge in [-0.2, -0.15) is 10.2 Å². The maximum atomic E-state index is 13.8. The first kappa shape index (κ1) is 23.9. The zero-order chi connectivity index (χ0) is 27.2. The molecule has 3 heterocycles. The molecular formula is C31H24N6O3. The number of para-hydroxylation sites is 1. The van der Waals surface area contributed by atoms with E-state index >= 15 is 0 Å². The number of imide groups is 1. The highest BCUT2D eigenvalue weighted by Crippen LogP contribution is 2.36. The van der Waals surface area contributed by atoms with E-state index in [1.807, 2.05) is 60.7 Å². The smallest absolute Gasteiger partial charge is 0.264 e. The van der Waals surface area contributed by atoms with E-state index in [4.69, 9.17) is 5.10 Å². The quantitative estimate of drug-likeness (QED) is 0.356. The summed E-state index contributed by atoms with van der Waals surface area (Å²) in [6.07, 6.45) is 0.538. The van der Waals surface area contributed by atoms with Crippen LogP contribution in [0.1, 0.15) is 23.6 Å². The summed E-state index contributed by atoms with van der Waals surface area (Å²) in [5, 5.41) is 18.0. The first-order valence-corrected chi connectivity index (χ1v) is 13.1. The van der Waals surface area contributed by atoms with Gasteiger partial charge in [0.05, 0.1) is 17.4 Å². The van der Waals surface area contributed by atoms with Gasteiger partial charge < -0.3 is 0 Å². The summed E-state index contributed by atoms with van der Waals surface area (Å²) in [6.45, 7) is -0.234. The van der Waals surface area contributed by atoms with E-state index in [1.165, 1.54) is 10.0 Å². The Morgan fingerprint density at radius 3 is 2.30 bits per heavy atom. The molecule has 9 nitrogen and oxygen atoms in total. The third-order valence-electron chi connectivity index (χ3n) is 7.62. The third-order valence-corrected chi connectivity index (χ3v) is 7.62. The maximum Gasteiger partial charge on any atom is 0.264 e. The summed E-state index contributed by atoms with van der Waals surface area (Å²) < 4.78 is 0. The van der Waals surface area contributed by atoms with Gasteiger partial charge in [-0.15, -0.1) is 0 Å². The molecule has 0 unspecified atom stereocenters. The summed E-state index contributed by atoms with van der Waals surface area (Å²) in [5.41, 5.74) is 3.21. The first-order valence-electron chi connectivity index (χ1n) is 13.1. The minimum Gasteiger partial charge on any atom is -0.271 e. The lowest BCUT2D eigenvalue weighted by molar-refractivity contribution is -0.135. The number of hydrogen-bond acceptors (Lipinski definition) is 7. The standard InChI is InChI=1S/C31H24N6O3/c38-27(19-35-29-28(32-34-35)30(39)36(31(29)40)22-14-5-2-6-15-22)37-26(21-11-3-1-4-12-21)18-25(33-37)24-17-9-13-20-10-7-8-16-23(20)24/h1-17,26,28-29H,18-19H2/t26-,28+,29+/m0/s1. The number of rotatable bonds is 5. The van der Waals surface area contributed by atoms with Gasteiger partial charge in [-0.25, -0.2) is 9.91 Å². The second kappa shape index (κ2) is 9.53. The van der Waals surface area contributed by atoms with Crippen LogP contribution in [0.5, 0.6) is 0 Å². The molecule has 7 rings (SSSR count). The van der Waals surface area contributed by atoms with Crippen molar-refractivity contribution in [2.75, 3.05) is 11.4 Å². The molecule has 196 valence electrons. The number of carbonyl (C=O) groups excluding carboxylic acids is 3. The van der Waals surface area contributed by atoms with Crippen LogP contribution in [0.3, 0.4) is 0 Å². The van der Waals surface area contributed by atoms with Crippen LogP contribution in [0.25, 0.3) is 10.8 Å². The molecule has 9 heteroatoms. The van der Waals surface area contributed by atoms with E-state index in [0.29, 0.717) is 12.1 Å². The largest absolute Gasteiger partial charge is 0.271 e. The maximum absolute atomic E-state index is 13.8. The first-order chi connectivity index (χ1) is 19.6. The molecule has 3 aliphatic heterocycles. The van der Waals surface area contributed by atoms with Gasteiger partial charge in [0, 0.05) is 12.0 Å². The highest BCUT2D eigenvalue weighted by Gasteiger charge is 2.55. The lowest BCUT2D eigenvalue weighted by Crippen LogP contribution is -2.44. The van der Waals surface area contributed by atoms with Gasteiger partial charge in [-0.1, -0.05) is 96.2 Å². The van der Waals surface area contributed by atoms with Gasteiger partial charge >= 0.3 is 0 Å². The van der Waals surface area contributed by atoms with Gasteiger partial charge in [0.2, 0.25) is 0 Å². The summed E-state index contributed by atoms with van der Waals surface area (Å²) >= 11 is 0. The molecule has 3 atom stereocenters. The molecule has 0 aromatic heterocycles. The predicted molar refractivity (Wildman–Crippen MR) is 149 cm³/mol. The fourth-order valence-corrected chi connectivity index (χ4v) is 5.71. The number of benzene rings is 4. The molecule has 4 aromatic rings. The number of nitrogens with zero attached hydrogens (tertiary/aromatic N) is 6. The molecule has 0 spiro atoms. The number of fused-ring (bicyclic) bond motifs is 2. The number of anilines is 1. The van der Waals surface area contributed by atoms with Crippen molar-refractivity contribution < 1.29 is 14.4 Å². The molecule has 3 amide bonds. The van der Waals surface area contributed by atoms with Crippen LogP contribution in [-0.4, -0.2) is 52.1 Å². The fraction of sp³-hybridized carbons (Fsp3) is 0.161. The predicted octanol–water partition coefficient (Wildman–Crippen LogP) is 4.51. The SMILES string of the molecule is O=C1[C@@H]2N=NN(CC(=O)N3N=C(c4cccc5ccccc45)C[C@H]3c3ccccc3)[C@H]2C(=O)N1c1ccccc1. The van der Waals surface area contributed by atoms with Crippen LogP contribution in [-0.2, 0) is 14.4 Å². The van der Waals surface area contributed by atoms with Crippen LogP contribution >= 0.6 is 0 Å². The van der Waals surface area contributed by atoms with Crippen LogP contribution in [0.2, 0.25) is 0 Å². The average molecular weight is 529 g/mol. The summed E-state index contributed by atoms with van der Waals surface area (Å²) in [5.74, 6) is -1.22. The number of carbonyl (C=O) groups is 3. The van der Waals surface area contributed by atoms with Crippen molar-refractivity contribution in [2.45, 2.75) is 24.5 Å². The minimum absolute atomic E-state index is 0.234. The van der Waals surface area contributed by atoms with Crippen molar-refractivity contribution >= 4 is 39.9 Å². The van der Waals surface area contributed by atoms with Crippen LogP contribution in [0, 0.1) is 0 Å². The molecule has 1 saturated heterocycles. The fourth-order valence-electron chi connectivity index (χ4n) is 5.71. The second-order valence-corrected chi connectivity index (χ2v) is 9.98. The molecule has 0 saturated carbocycles. The Morgan fingerprint density at radius 1 is 0.800 bits per heavy atom. The molecule has 3 aliphatic rings. The number of amides is 3. The summed E-state index contributed by atoms with van der Waals surface area (Å²) in [6, 6.07) is 30.4. The van der Waals surface area contributed by atoms with Gasteiger partial charge in [-0.3, -0.25) is 19.4 Å². The summed E-state index contributed by atoms with van der Waals surface area (Å²) in [7, 11) is 0. The highest BCUT2D eigenvalue weighted by molar-refractivity contribution is 6.25. The zero-order valence-corrected chi connectivity index (χ0v) is 21.4. The van der Waals surface area contributed by atoms with Crippen molar-refractivity contribution in [1.29, 1.82) is 0 Å². The Bertz CT molecular complexity index is 1700. The minimum atomic E-state index is -0.973. The number of hydrogen-bond donors (Lipinski definition) is 0. The molecule has 0 bridgehead atoms. The normalized spacial score (nSPS) is 21.9. The Kier molecular flexibility index (Phi) is 5.70. The third kappa shape index (κ3) is 3.86. The van der Waals surface area contributed by atoms with Crippen LogP contribution < -0.4 is 4.90 Å². The molecule has 0 N–H and O–H groups in total. The van der Waals surface area contributed by atoms with Gasteiger partial charge in [-0.05, 0) is 28.5 Å².